The number of rotatable bonds is 6. The molecule has 0 aromatic heterocycles. The molecule has 0 spiro atoms. The van der Waals surface area contributed by atoms with E-state index in [9.17, 15) is 4.79 Å². The van der Waals surface area contributed by atoms with Gasteiger partial charge in [0.2, 0.25) is 5.91 Å². The van der Waals surface area contributed by atoms with Crippen molar-refractivity contribution in [2.75, 3.05) is 39.4 Å². The molecule has 2 aliphatic heterocycles. The summed E-state index contributed by atoms with van der Waals surface area (Å²) in [6, 6.07) is 10.9. The number of ether oxygens (including phenoxy) is 1. The number of nitrogens with zero attached hydrogens (tertiary/aromatic N) is 2. The first-order valence-electron chi connectivity index (χ1n) is 9.96. The molecule has 2 fully saturated rings. The molecule has 4 nitrogen and oxygen atoms in total. The van der Waals surface area contributed by atoms with Gasteiger partial charge in [0.05, 0.1) is 13.2 Å². The predicted molar refractivity (Wildman–Crippen MR) is 101 cm³/mol. The summed E-state index contributed by atoms with van der Waals surface area (Å²) >= 11 is 0. The molecule has 138 valence electrons. The van der Waals surface area contributed by atoms with Crippen molar-refractivity contribution in [2.24, 2.45) is 0 Å². The Kier molecular flexibility index (Phi) is 7.31. The van der Waals surface area contributed by atoms with Crippen molar-refractivity contribution in [1.29, 1.82) is 0 Å². The van der Waals surface area contributed by atoms with E-state index in [1.54, 1.807) is 0 Å². The number of hydrogen-bond acceptors (Lipinski definition) is 3. The van der Waals surface area contributed by atoms with Crippen molar-refractivity contribution < 1.29 is 9.53 Å². The fourth-order valence-electron chi connectivity index (χ4n) is 4.01. The van der Waals surface area contributed by atoms with Crippen LogP contribution in [0, 0.1) is 0 Å². The molecular formula is C21H32N2O2. The van der Waals surface area contributed by atoms with Crippen molar-refractivity contribution in [2.45, 2.75) is 51.0 Å². The van der Waals surface area contributed by atoms with E-state index in [4.69, 9.17) is 4.74 Å². The van der Waals surface area contributed by atoms with E-state index >= 15 is 0 Å². The van der Waals surface area contributed by atoms with E-state index in [1.165, 1.54) is 18.4 Å². The molecule has 2 saturated heterocycles. The van der Waals surface area contributed by atoms with Crippen LogP contribution in [0.5, 0.6) is 0 Å². The van der Waals surface area contributed by atoms with Crippen LogP contribution in [0.3, 0.4) is 0 Å². The van der Waals surface area contributed by atoms with Gasteiger partial charge in [0.1, 0.15) is 0 Å². The Morgan fingerprint density at radius 2 is 1.84 bits per heavy atom. The van der Waals surface area contributed by atoms with Gasteiger partial charge < -0.3 is 9.64 Å². The first-order chi connectivity index (χ1) is 12.3. The molecular weight excluding hydrogens is 312 g/mol. The summed E-state index contributed by atoms with van der Waals surface area (Å²) in [5, 5.41) is 0. The minimum atomic E-state index is 0.357. The molecule has 1 aromatic carbocycles. The summed E-state index contributed by atoms with van der Waals surface area (Å²) < 4.78 is 5.46. The number of carbonyl (C=O) groups excluding carboxylic acids is 1. The van der Waals surface area contributed by atoms with Crippen LogP contribution in [0.2, 0.25) is 0 Å². The van der Waals surface area contributed by atoms with Gasteiger partial charge in [-0.25, -0.2) is 0 Å². The van der Waals surface area contributed by atoms with Gasteiger partial charge in [-0.15, -0.1) is 0 Å². The summed E-state index contributed by atoms with van der Waals surface area (Å²) in [5.74, 6) is 0.357. The van der Waals surface area contributed by atoms with Gasteiger partial charge in [0, 0.05) is 38.6 Å². The maximum absolute atomic E-state index is 12.9. The van der Waals surface area contributed by atoms with Gasteiger partial charge in [0.15, 0.2) is 0 Å². The van der Waals surface area contributed by atoms with Gasteiger partial charge in [-0.2, -0.15) is 0 Å². The van der Waals surface area contributed by atoms with E-state index in [0.29, 0.717) is 18.4 Å². The van der Waals surface area contributed by atoms with Crippen molar-refractivity contribution in [3.63, 3.8) is 0 Å². The number of carbonyl (C=O) groups is 1. The lowest BCUT2D eigenvalue weighted by atomic mass is 10.1. The lowest BCUT2D eigenvalue weighted by Crippen LogP contribution is -2.49. The van der Waals surface area contributed by atoms with Crippen LogP contribution in [-0.4, -0.2) is 61.1 Å². The first-order valence-corrected chi connectivity index (χ1v) is 9.96. The lowest BCUT2D eigenvalue weighted by molar-refractivity contribution is -0.134. The third-order valence-electron chi connectivity index (χ3n) is 5.47. The van der Waals surface area contributed by atoms with Crippen molar-refractivity contribution in [1.82, 2.24) is 9.80 Å². The normalized spacial score (nSPS) is 22.6. The van der Waals surface area contributed by atoms with Crippen LogP contribution in [-0.2, 0) is 16.0 Å². The molecule has 0 saturated carbocycles. The zero-order chi connectivity index (χ0) is 17.3. The van der Waals surface area contributed by atoms with Crippen LogP contribution in [0.4, 0.5) is 0 Å². The Morgan fingerprint density at radius 3 is 2.64 bits per heavy atom. The van der Waals surface area contributed by atoms with Gasteiger partial charge in [0.25, 0.3) is 0 Å². The minimum Gasteiger partial charge on any atom is -0.379 e. The van der Waals surface area contributed by atoms with E-state index in [2.05, 4.69) is 34.1 Å². The fourth-order valence-corrected chi connectivity index (χ4v) is 4.01. The van der Waals surface area contributed by atoms with E-state index in [0.717, 1.165) is 65.1 Å². The Morgan fingerprint density at radius 1 is 1.04 bits per heavy atom. The molecule has 1 amide bonds. The average molecular weight is 344 g/mol. The van der Waals surface area contributed by atoms with E-state index in [1.807, 2.05) is 6.07 Å². The monoisotopic (exact) mass is 344 g/mol. The topological polar surface area (TPSA) is 32.8 Å². The van der Waals surface area contributed by atoms with Crippen molar-refractivity contribution >= 4 is 5.91 Å². The zero-order valence-electron chi connectivity index (χ0n) is 15.4. The second kappa shape index (κ2) is 9.93. The molecule has 3 rings (SSSR count). The number of benzene rings is 1. The summed E-state index contributed by atoms with van der Waals surface area (Å²) in [5.41, 5.74) is 1.33. The maximum atomic E-state index is 12.9. The summed E-state index contributed by atoms with van der Waals surface area (Å²) in [7, 11) is 0. The molecule has 0 bridgehead atoms. The van der Waals surface area contributed by atoms with E-state index < -0.39 is 0 Å². The van der Waals surface area contributed by atoms with Crippen molar-refractivity contribution in [3.05, 3.63) is 35.9 Å². The molecule has 0 radical (unpaired) electrons. The third-order valence-corrected chi connectivity index (χ3v) is 5.47. The van der Waals surface area contributed by atoms with Crippen LogP contribution in [0.15, 0.2) is 30.3 Å². The highest BCUT2D eigenvalue weighted by atomic mass is 16.5. The van der Waals surface area contributed by atoms with Crippen LogP contribution < -0.4 is 0 Å². The van der Waals surface area contributed by atoms with E-state index in [-0.39, 0.29) is 0 Å². The molecule has 4 heteroatoms. The highest BCUT2D eigenvalue weighted by Crippen LogP contribution is 2.20. The van der Waals surface area contributed by atoms with Crippen molar-refractivity contribution in [3.8, 4) is 0 Å². The quantitative estimate of drug-likeness (QED) is 0.795. The number of aryl methyl sites for hydroxylation is 1. The van der Waals surface area contributed by atoms with Gasteiger partial charge >= 0.3 is 0 Å². The number of morpholine rings is 1. The Hall–Kier alpha value is -1.39. The predicted octanol–water partition coefficient (Wildman–Crippen LogP) is 3.11. The minimum absolute atomic E-state index is 0.357. The molecule has 0 aliphatic carbocycles. The summed E-state index contributed by atoms with van der Waals surface area (Å²) in [6.07, 6.45) is 7.44. The molecule has 0 N–H and O–H groups in total. The Balaban J connectivity index is 1.51. The van der Waals surface area contributed by atoms with Gasteiger partial charge in [-0.1, -0.05) is 43.2 Å². The van der Waals surface area contributed by atoms with Gasteiger partial charge in [-0.05, 0) is 31.2 Å². The fraction of sp³-hybridized carbons (Fsp3) is 0.667. The average Bonchev–Trinajstić information content (AvgIpc) is 2.89. The smallest absolute Gasteiger partial charge is 0.222 e. The second-order valence-corrected chi connectivity index (χ2v) is 7.34. The molecule has 25 heavy (non-hydrogen) atoms. The highest BCUT2D eigenvalue weighted by Gasteiger charge is 2.27. The third kappa shape index (κ3) is 5.82. The second-order valence-electron chi connectivity index (χ2n) is 7.34. The number of likely N-dealkylation sites (tertiary alicyclic amines) is 1. The molecule has 1 unspecified atom stereocenters. The highest BCUT2D eigenvalue weighted by molar-refractivity contribution is 5.76. The number of hydrogen-bond donors (Lipinski definition) is 0. The first kappa shape index (κ1) is 18.4. The lowest BCUT2D eigenvalue weighted by Gasteiger charge is -2.36. The number of amides is 1. The van der Waals surface area contributed by atoms with Gasteiger partial charge in [-0.3, -0.25) is 9.69 Å². The molecule has 1 aromatic rings. The summed E-state index contributed by atoms with van der Waals surface area (Å²) in [6.45, 7) is 5.64. The zero-order valence-corrected chi connectivity index (χ0v) is 15.4. The standard InChI is InChI=1S/C21H32N2O2/c24-21(12-7-10-19-8-3-1-4-9-19)23-13-6-2-5-11-20(23)18-22-14-16-25-17-15-22/h1,3-4,8-9,20H,2,5-7,10-18H2. The molecule has 2 aliphatic rings. The summed E-state index contributed by atoms with van der Waals surface area (Å²) in [4.78, 5) is 17.6. The molecule has 1 atom stereocenters. The SMILES string of the molecule is O=C(CCCc1ccccc1)N1CCCCCC1CN1CCOCC1. The largest absolute Gasteiger partial charge is 0.379 e. The van der Waals surface area contributed by atoms with Crippen LogP contribution in [0.1, 0.15) is 44.1 Å². The Bertz CT molecular complexity index is 514. The molecule has 2 heterocycles. The van der Waals surface area contributed by atoms with Crippen LogP contribution in [0.25, 0.3) is 0 Å². The van der Waals surface area contributed by atoms with Crippen LogP contribution >= 0.6 is 0 Å². The Labute approximate surface area is 152 Å². The maximum Gasteiger partial charge on any atom is 0.222 e.